The van der Waals surface area contributed by atoms with Crippen molar-refractivity contribution in [3.05, 3.63) is 101 Å². The van der Waals surface area contributed by atoms with Gasteiger partial charge in [0, 0.05) is 42.0 Å². The average Bonchev–Trinajstić information content (AvgIpc) is 2.99. The summed E-state index contributed by atoms with van der Waals surface area (Å²) in [4.78, 5) is 23.9. The monoisotopic (exact) mass is 563 g/mol. The molecule has 0 unspecified atom stereocenters. The van der Waals surface area contributed by atoms with Crippen LogP contribution in [0.1, 0.15) is 73.2 Å². The van der Waals surface area contributed by atoms with E-state index in [4.69, 9.17) is 14.6 Å². The van der Waals surface area contributed by atoms with Crippen LogP contribution in [-0.2, 0) is 32.2 Å². The number of carbonyl (C=O) groups excluding carboxylic acids is 1. The van der Waals surface area contributed by atoms with Crippen LogP contribution in [0.5, 0.6) is 0 Å². The molecule has 1 aliphatic rings. The molecule has 1 aliphatic heterocycles. The van der Waals surface area contributed by atoms with Gasteiger partial charge in [-0.25, -0.2) is 0 Å². The van der Waals surface area contributed by atoms with Crippen molar-refractivity contribution >= 4 is 23.6 Å². The molecule has 0 bridgehead atoms. The molecule has 0 radical (unpaired) electrons. The van der Waals surface area contributed by atoms with Gasteiger partial charge in [-0.1, -0.05) is 73.2 Å². The first-order chi connectivity index (χ1) is 19.5. The first-order valence-corrected chi connectivity index (χ1v) is 14.7. The van der Waals surface area contributed by atoms with Gasteiger partial charge in [0.05, 0.1) is 18.8 Å². The predicted octanol–water partition coefficient (Wildman–Crippen LogP) is 6.17. The van der Waals surface area contributed by atoms with Crippen LogP contribution < -0.4 is 5.32 Å². The molecule has 0 spiro atoms. The zero-order valence-corrected chi connectivity index (χ0v) is 23.4. The van der Waals surface area contributed by atoms with Crippen molar-refractivity contribution in [3.63, 3.8) is 0 Å². The SMILES string of the molecule is O=C(O)CCCCCC(=O)NCc1ccc([C@@H]2O[C@H](CSc3ccccc3)C[C@H](c3ccc(CO)cc3)O2)cc1. The van der Waals surface area contributed by atoms with Crippen molar-refractivity contribution < 1.29 is 29.3 Å². The Morgan fingerprint density at radius 2 is 1.50 bits per heavy atom. The highest BCUT2D eigenvalue weighted by atomic mass is 32.2. The Bertz CT molecular complexity index is 1200. The van der Waals surface area contributed by atoms with Crippen LogP contribution in [0.3, 0.4) is 0 Å². The number of hydrogen-bond acceptors (Lipinski definition) is 6. The average molecular weight is 564 g/mol. The molecule has 8 heteroatoms. The van der Waals surface area contributed by atoms with Crippen molar-refractivity contribution in [2.45, 2.75) is 75.1 Å². The Labute approximate surface area is 239 Å². The van der Waals surface area contributed by atoms with Crippen LogP contribution in [0.25, 0.3) is 0 Å². The quantitative estimate of drug-likeness (QED) is 0.159. The summed E-state index contributed by atoms with van der Waals surface area (Å²) in [7, 11) is 0. The van der Waals surface area contributed by atoms with E-state index < -0.39 is 12.3 Å². The molecular weight excluding hydrogens is 526 g/mol. The molecule has 0 aliphatic carbocycles. The third-order valence-corrected chi connectivity index (χ3v) is 7.97. The summed E-state index contributed by atoms with van der Waals surface area (Å²) in [6, 6.07) is 26.1. The fraction of sp³-hybridized carbons (Fsp3) is 0.375. The first kappa shape index (κ1) is 29.8. The van der Waals surface area contributed by atoms with Gasteiger partial charge >= 0.3 is 5.97 Å². The zero-order valence-electron chi connectivity index (χ0n) is 22.5. The number of carbonyl (C=O) groups is 2. The van der Waals surface area contributed by atoms with Gasteiger partial charge in [0.1, 0.15) is 0 Å². The van der Waals surface area contributed by atoms with Gasteiger partial charge in [0.25, 0.3) is 0 Å². The number of nitrogens with one attached hydrogen (secondary N) is 1. The van der Waals surface area contributed by atoms with E-state index in [1.54, 1.807) is 11.8 Å². The normalized spacial score (nSPS) is 18.8. The van der Waals surface area contributed by atoms with Gasteiger partial charge < -0.3 is 25.0 Å². The molecular formula is C32H37NO6S. The molecule has 1 fully saturated rings. The van der Waals surface area contributed by atoms with E-state index in [9.17, 15) is 14.7 Å². The Hall–Kier alpha value is -3.17. The van der Waals surface area contributed by atoms with Crippen molar-refractivity contribution in [1.82, 2.24) is 5.32 Å². The minimum atomic E-state index is -0.800. The maximum atomic E-state index is 12.2. The molecule has 4 rings (SSSR count). The summed E-state index contributed by atoms with van der Waals surface area (Å²) in [5, 5.41) is 21.1. The van der Waals surface area contributed by atoms with E-state index in [0.29, 0.717) is 25.8 Å². The molecule has 212 valence electrons. The fourth-order valence-electron chi connectivity index (χ4n) is 4.55. The lowest BCUT2D eigenvalue weighted by atomic mass is 10.0. The highest BCUT2D eigenvalue weighted by molar-refractivity contribution is 7.99. The highest BCUT2D eigenvalue weighted by Gasteiger charge is 2.32. The Kier molecular flexibility index (Phi) is 11.6. The number of ether oxygens (including phenoxy) is 2. The number of benzene rings is 3. The van der Waals surface area contributed by atoms with Crippen molar-refractivity contribution in [3.8, 4) is 0 Å². The Morgan fingerprint density at radius 1 is 0.825 bits per heavy atom. The maximum Gasteiger partial charge on any atom is 0.303 e. The lowest BCUT2D eigenvalue weighted by Gasteiger charge is -2.36. The third-order valence-electron chi connectivity index (χ3n) is 6.83. The topological polar surface area (TPSA) is 105 Å². The first-order valence-electron chi connectivity index (χ1n) is 13.8. The lowest BCUT2D eigenvalue weighted by molar-refractivity contribution is -0.245. The van der Waals surface area contributed by atoms with E-state index in [-0.39, 0.29) is 31.1 Å². The van der Waals surface area contributed by atoms with E-state index in [1.807, 2.05) is 66.7 Å². The van der Waals surface area contributed by atoms with Crippen LogP contribution in [0.2, 0.25) is 0 Å². The van der Waals surface area contributed by atoms with Crippen LogP contribution in [0.4, 0.5) is 0 Å². The van der Waals surface area contributed by atoms with Gasteiger partial charge in [0.2, 0.25) is 5.91 Å². The molecule has 0 saturated carbocycles. The van der Waals surface area contributed by atoms with Crippen LogP contribution in [-0.4, -0.2) is 33.9 Å². The molecule has 3 aromatic rings. The summed E-state index contributed by atoms with van der Waals surface area (Å²) >= 11 is 1.77. The minimum absolute atomic E-state index is 0.00742. The highest BCUT2D eigenvalue weighted by Crippen LogP contribution is 2.39. The molecule has 1 saturated heterocycles. The number of aliphatic hydroxyl groups is 1. The number of aliphatic hydroxyl groups excluding tert-OH is 1. The number of rotatable bonds is 14. The molecule has 7 nitrogen and oxygen atoms in total. The third kappa shape index (κ3) is 9.48. The number of amides is 1. The van der Waals surface area contributed by atoms with Crippen molar-refractivity contribution in [1.29, 1.82) is 0 Å². The lowest BCUT2D eigenvalue weighted by Crippen LogP contribution is -2.31. The van der Waals surface area contributed by atoms with Gasteiger partial charge in [-0.3, -0.25) is 9.59 Å². The maximum absolute atomic E-state index is 12.2. The second-order valence-electron chi connectivity index (χ2n) is 9.95. The molecule has 0 aromatic heterocycles. The largest absolute Gasteiger partial charge is 0.481 e. The molecule has 3 atom stereocenters. The van der Waals surface area contributed by atoms with Crippen LogP contribution >= 0.6 is 11.8 Å². The van der Waals surface area contributed by atoms with E-state index in [2.05, 4.69) is 17.4 Å². The number of hydrogen-bond donors (Lipinski definition) is 3. The minimum Gasteiger partial charge on any atom is -0.481 e. The number of unbranched alkanes of at least 4 members (excludes halogenated alkanes) is 2. The smallest absolute Gasteiger partial charge is 0.303 e. The van der Waals surface area contributed by atoms with Crippen LogP contribution in [0.15, 0.2) is 83.8 Å². The number of carboxylic acid groups (broad SMARTS) is 1. The summed E-state index contributed by atoms with van der Waals surface area (Å²) < 4.78 is 12.8. The second-order valence-corrected chi connectivity index (χ2v) is 11.0. The molecule has 3 N–H and O–H groups in total. The molecule has 1 heterocycles. The Morgan fingerprint density at radius 3 is 2.20 bits per heavy atom. The van der Waals surface area contributed by atoms with Gasteiger partial charge in [-0.05, 0) is 41.7 Å². The summed E-state index contributed by atoms with van der Waals surface area (Å²) in [6.07, 6.45) is 2.60. The van der Waals surface area contributed by atoms with Gasteiger partial charge in [-0.15, -0.1) is 11.8 Å². The molecule has 40 heavy (non-hydrogen) atoms. The van der Waals surface area contributed by atoms with Crippen molar-refractivity contribution in [2.24, 2.45) is 0 Å². The van der Waals surface area contributed by atoms with Gasteiger partial charge in [0.15, 0.2) is 6.29 Å². The predicted molar refractivity (Wildman–Crippen MR) is 155 cm³/mol. The summed E-state index contributed by atoms with van der Waals surface area (Å²) in [6.45, 7) is 0.435. The van der Waals surface area contributed by atoms with E-state index in [0.717, 1.165) is 40.8 Å². The van der Waals surface area contributed by atoms with Gasteiger partial charge in [-0.2, -0.15) is 0 Å². The molecule has 1 amide bonds. The zero-order chi connectivity index (χ0) is 28.2. The Balaban J connectivity index is 1.34. The van der Waals surface area contributed by atoms with Crippen molar-refractivity contribution in [2.75, 3.05) is 5.75 Å². The summed E-state index contributed by atoms with van der Waals surface area (Å²) in [5.41, 5.74) is 3.82. The molecule has 3 aromatic carbocycles. The van der Waals surface area contributed by atoms with E-state index >= 15 is 0 Å². The van der Waals surface area contributed by atoms with E-state index in [1.165, 1.54) is 4.90 Å². The fourth-order valence-corrected chi connectivity index (χ4v) is 5.49. The van der Waals surface area contributed by atoms with Crippen LogP contribution in [0, 0.1) is 0 Å². The number of carboxylic acids is 1. The standard InChI is InChI=1S/C32H37NO6S/c34-21-24-13-15-25(16-14-24)29-19-27(22-40-28-7-3-1-4-8-28)38-32(39-29)26-17-11-23(12-18-26)20-33-30(35)9-5-2-6-10-31(36)37/h1,3-4,7-8,11-18,27,29,32,34H,2,5-6,9-10,19-22H2,(H,33,35)(H,36,37)/t27-,29+,32+/m0/s1. The number of thioether (sulfide) groups is 1. The summed E-state index contributed by atoms with van der Waals surface area (Å²) in [5.74, 6) is -0.0342. The number of aliphatic carboxylic acids is 1. The second kappa shape index (κ2) is 15.6.